The van der Waals surface area contributed by atoms with Gasteiger partial charge in [0.1, 0.15) is 11.9 Å². The number of carbonyl (C=O) groups excluding carboxylic acids is 2. The highest BCUT2D eigenvalue weighted by atomic mass is 32.1. The van der Waals surface area contributed by atoms with Crippen molar-refractivity contribution in [2.75, 3.05) is 6.54 Å². The molecule has 0 fully saturated rings. The summed E-state index contributed by atoms with van der Waals surface area (Å²) in [5.41, 5.74) is 2.06. The summed E-state index contributed by atoms with van der Waals surface area (Å²) < 4.78 is 14.0. The normalized spacial score (nSPS) is 13.1. The molecular formula is C26H26FN3O2S. The summed E-state index contributed by atoms with van der Waals surface area (Å²) in [4.78, 5) is 30.2. The van der Waals surface area contributed by atoms with Crippen LogP contribution in [0.5, 0.6) is 0 Å². The molecule has 0 saturated carbocycles. The van der Waals surface area contributed by atoms with Crippen molar-refractivity contribution in [3.05, 3.63) is 94.1 Å². The number of carbonyl (C=O) groups is 2. The van der Waals surface area contributed by atoms with Gasteiger partial charge in [-0.1, -0.05) is 50.2 Å². The number of nitrogens with one attached hydrogen (secondary N) is 3. The van der Waals surface area contributed by atoms with Crippen molar-refractivity contribution < 1.29 is 14.0 Å². The van der Waals surface area contributed by atoms with Gasteiger partial charge in [-0.25, -0.2) is 4.39 Å². The zero-order valence-corrected chi connectivity index (χ0v) is 19.3. The van der Waals surface area contributed by atoms with E-state index in [0.717, 1.165) is 21.3 Å². The Morgan fingerprint density at radius 1 is 1.03 bits per heavy atom. The maximum atomic E-state index is 14.0. The first-order valence-corrected chi connectivity index (χ1v) is 11.8. The highest BCUT2D eigenvalue weighted by Gasteiger charge is 2.27. The zero-order valence-electron chi connectivity index (χ0n) is 18.5. The molecule has 33 heavy (non-hydrogen) atoms. The highest BCUT2D eigenvalue weighted by Crippen LogP contribution is 2.32. The first kappa shape index (κ1) is 22.7. The fourth-order valence-corrected chi connectivity index (χ4v) is 4.79. The minimum absolute atomic E-state index is 0.0415. The van der Waals surface area contributed by atoms with E-state index in [-0.39, 0.29) is 23.3 Å². The van der Waals surface area contributed by atoms with E-state index >= 15 is 0 Å². The van der Waals surface area contributed by atoms with Gasteiger partial charge in [0.05, 0.1) is 5.56 Å². The number of aromatic amines is 1. The lowest BCUT2D eigenvalue weighted by molar-refractivity contribution is -0.123. The van der Waals surface area contributed by atoms with Gasteiger partial charge in [0.2, 0.25) is 5.91 Å². The fourth-order valence-electron chi connectivity index (χ4n) is 3.95. The first-order valence-electron chi connectivity index (χ1n) is 10.9. The van der Waals surface area contributed by atoms with Crippen molar-refractivity contribution in [1.29, 1.82) is 0 Å². The van der Waals surface area contributed by atoms with Crippen LogP contribution < -0.4 is 10.6 Å². The minimum atomic E-state index is -0.788. The number of aromatic nitrogens is 1. The Morgan fingerprint density at radius 3 is 2.52 bits per heavy atom. The number of para-hydroxylation sites is 1. The lowest BCUT2D eigenvalue weighted by Crippen LogP contribution is -2.50. The van der Waals surface area contributed by atoms with Gasteiger partial charge in [-0.05, 0) is 41.1 Å². The van der Waals surface area contributed by atoms with Crippen molar-refractivity contribution in [1.82, 2.24) is 15.6 Å². The Labute approximate surface area is 196 Å². The second-order valence-corrected chi connectivity index (χ2v) is 9.26. The van der Waals surface area contributed by atoms with Crippen molar-refractivity contribution in [2.45, 2.75) is 25.8 Å². The minimum Gasteiger partial charge on any atom is -0.361 e. The average Bonchev–Trinajstić information content (AvgIpc) is 3.48. The van der Waals surface area contributed by atoms with E-state index < -0.39 is 17.8 Å². The van der Waals surface area contributed by atoms with E-state index in [1.54, 1.807) is 17.4 Å². The van der Waals surface area contributed by atoms with Gasteiger partial charge in [-0.3, -0.25) is 9.59 Å². The van der Waals surface area contributed by atoms with Crippen molar-refractivity contribution in [3.63, 3.8) is 0 Å². The summed E-state index contributed by atoms with van der Waals surface area (Å²) in [5.74, 6) is -1.73. The summed E-state index contributed by atoms with van der Waals surface area (Å²) >= 11 is 1.64. The molecule has 0 radical (unpaired) electrons. The second-order valence-electron chi connectivity index (χ2n) is 8.28. The molecule has 0 saturated heterocycles. The molecule has 2 heterocycles. The molecule has 3 N–H and O–H groups in total. The summed E-state index contributed by atoms with van der Waals surface area (Å²) in [6, 6.07) is 17.1. The summed E-state index contributed by atoms with van der Waals surface area (Å²) in [6.07, 6.45) is 1.99. The zero-order chi connectivity index (χ0) is 23.4. The van der Waals surface area contributed by atoms with Gasteiger partial charge in [0, 0.05) is 34.4 Å². The van der Waals surface area contributed by atoms with Crippen LogP contribution in [0.15, 0.2) is 72.2 Å². The van der Waals surface area contributed by atoms with E-state index in [2.05, 4.69) is 27.8 Å². The molecule has 2 aromatic heterocycles. The number of rotatable bonds is 8. The third-order valence-corrected chi connectivity index (χ3v) is 6.70. The number of halogens is 1. The molecule has 0 bridgehead atoms. The topological polar surface area (TPSA) is 74.0 Å². The standard InChI is InChI=1S/C26H26FN3O2S/c1-16(2)24(30-25(31)18-9-3-5-10-21(18)27)26(32)29-15-20(23-12-7-13-33-23)19-14-28-22-11-6-4-8-17(19)22/h3-14,16,20,24,28H,15H2,1-2H3,(H,29,32)(H,30,31)/t20-,24+/m1/s1. The largest absolute Gasteiger partial charge is 0.361 e. The fraction of sp³-hybridized carbons (Fsp3) is 0.231. The molecule has 0 aliphatic heterocycles. The Hall–Kier alpha value is -3.45. The lowest BCUT2D eigenvalue weighted by Gasteiger charge is -2.24. The van der Waals surface area contributed by atoms with Crippen LogP contribution >= 0.6 is 11.3 Å². The van der Waals surface area contributed by atoms with Gasteiger partial charge in [0.15, 0.2) is 0 Å². The Morgan fingerprint density at radius 2 is 1.79 bits per heavy atom. The molecule has 0 aliphatic rings. The van der Waals surface area contributed by atoms with Gasteiger partial charge in [0.25, 0.3) is 5.91 Å². The molecule has 2 amide bonds. The molecular weight excluding hydrogens is 437 g/mol. The molecule has 0 unspecified atom stereocenters. The predicted molar refractivity (Wildman–Crippen MR) is 130 cm³/mol. The monoisotopic (exact) mass is 463 g/mol. The quantitative estimate of drug-likeness (QED) is 0.341. The second kappa shape index (κ2) is 10.0. The molecule has 2 aromatic carbocycles. The van der Waals surface area contributed by atoms with Crippen LogP contribution in [0.25, 0.3) is 10.9 Å². The maximum absolute atomic E-state index is 14.0. The van der Waals surface area contributed by atoms with E-state index in [1.165, 1.54) is 18.2 Å². The molecule has 2 atom stereocenters. The molecule has 5 nitrogen and oxygen atoms in total. The van der Waals surface area contributed by atoms with Crippen LogP contribution in [0.1, 0.15) is 40.6 Å². The molecule has 7 heteroatoms. The number of fused-ring (bicyclic) bond motifs is 1. The van der Waals surface area contributed by atoms with Crippen LogP contribution in [-0.2, 0) is 4.79 Å². The lowest BCUT2D eigenvalue weighted by atomic mass is 9.96. The third kappa shape index (κ3) is 4.98. The first-order chi connectivity index (χ1) is 16.0. The Balaban J connectivity index is 1.52. The number of benzene rings is 2. The van der Waals surface area contributed by atoms with E-state index in [0.29, 0.717) is 6.54 Å². The number of thiophene rings is 1. The van der Waals surface area contributed by atoms with Gasteiger partial charge in [-0.2, -0.15) is 0 Å². The molecule has 0 spiro atoms. The molecule has 0 aliphatic carbocycles. The number of hydrogen-bond acceptors (Lipinski definition) is 3. The van der Waals surface area contributed by atoms with Crippen LogP contribution in [0.2, 0.25) is 0 Å². The predicted octanol–water partition coefficient (Wildman–Crippen LogP) is 5.07. The number of amides is 2. The third-order valence-electron chi connectivity index (χ3n) is 5.72. The van der Waals surface area contributed by atoms with E-state index in [9.17, 15) is 14.0 Å². The van der Waals surface area contributed by atoms with Crippen molar-refractivity contribution >= 4 is 34.1 Å². The van der Waals surface area contributed by atoms with Crippen LogP contribution in [-0.4, -0.2) is 29.4 Å². The molecule has 4 rings (SSSR count). The van der Waals surface area contributed by atoms with Crippen LogP contribution in [0, 0.1) is 11.7 Å². The summed E-state index contributed by atoms with van der Waals surface area (Å²) in [5, 5.41) is 8.85. The highest BCUT2D eigenvalue weighted by molar-refractivity contribution is 7.10. The SMILES string of the molecule is CC(C)[C@H](NC(=O)c1ccccc1F)C(=O)NC[C@@H](c1cccs1)c1c[nH]c2ccccc12. The number of hydrogen-bond donors (Lipinski definition) is 3. The number of H-pyrrole nitrogens is 1. The van der Waals surface area contributed by atoms with Crippen LogP contribution in [0.3, 0.4) is 0 Å². The van der Waals surface area contributed by atoms with Crippen molar-refractivity contribution in [3.8, 4) is 0 Å². The average molecular weight is 464 g/mol. The van der Waals surface area contributed by atoms with Gasteiger partial charge < -0.3 is 15.6 Å². The summed E-state index contributed by atoms with van der Waals surface area (Å²) in [7, 11) is 0. The smallest absolute Gasteiger partial charge is 0.254 e. The van der Waals surface area contributed by atoms with E-state index in [4.69, 9.17) is 0 Å². The van der Waals surface area contributed by atoms with Gasteiger partial charge in [-0.15, -0.1) is 11.3 Å². The van der Waals surface area contributed by atoms with Crippen LogP contribution in [0.4, 0.5) is 4.39 Å². The van der Waals surface area contributed by atoms with E-state index in [1.807, 2.05) is 49.7 Å². The molecule has 170 valence electrons. The Kier molecular flexibility index (Phi) is 6.89. The summed E-state index contributed by atoms with van der Waals surface area (Å²) in [6.45, 7) is 4.07. The van der Waals surface area contributed by atoms with Crippen molar-refractivity contribution in [2.24, 2.45) is 5.92 Å². The molecule has 4 aromatic rings. The van der Waals surface area contributed by atoms with Gasteiger partial charge >= 0.3 is 0 Å². The Bertz CT molecular complexity index is 1250. The maximum Gasteiger partial charge on any atom is 0.254 e.